The third-order valence-corrected chi connectivity index (χ3v) is 7.01. The van der Waals surface area contributed by atoms with Gasteiger partial charge in [0.25, 0.3) is 0 Å². The quantitative estimate of drug-likeness (QED) is 0.651. The Morgan fingerprint density at radius 1 is 1.07 bits per heavy atom. The highest BCUT2D eigenvalue weighted by Crippen LogP contribution is 2.39. The second-order valence-corrected chi connectivity index (χ2v) is 9.13. The maximum Gasteiger partial charge on any atom is 0.221 e. The molecule has 0 unspecified atom stereocenters. The van der Waals surface area contributed by atoms with E-state index in [-0.39, 0.29) is 11.9 Å². The van der Waals surface area contributed by atoms with E-state index >= 15 is 0 Å². The summed E-state index contributed by atoms with van der Waals surface area (Å²) in [4.78, 5) is 16.2. The van der Waals surface area contributed by atoms with Crippen LogP contribution >= 0.6 is 11.3 Å². The second kappa shape index (κ2) is 9.15. The fraction of sp³-hybridized carbons (Fsp3) is 0.500. The zero-order valence-electron chi connectivity index (χ0n) is 18.3. The normalized spacial score (nSPS) is 20.2. The van der Waals surface area contributed by atoms with Crippen molar-refractivity contribution < 1.29 is 24.1 Å². The number of thiophene rings is 1. The molecule has 29 heavy (non-hydrogen) atoms. The lowest BCUT2D eigenvalue weighted by molar-refractivity contribution is -1.02. The van der Waals surface area contributed by atoms with Gasteiger partial charge in [-0.15, -0.1) is 11.3 Å². The molecule has 1 saturated heterocycles. The smallest absolute Gasteiger partial charge is 0.221 e. The Hall–Kier alpha value is -2.09. The number of hydrogen-bond donors (Lipinski definition) is 3. The molecule has 3 rings (SSSR count). The number of ether oxygens (including phenoxy) is 2. The number of rotatable bonds is 6. The van der Waals surface area contributed by atoms with Gasteiger partial charge in [0.1, 0.15) is 48.7 Å². The summed E-state index contributed by atoms with van der Waals surface area (Å²) in [7, 11) is 5.62. The summed E-state index contributed by atoms with van der Waals surface area (Å²) in [5, 5.41) is 4.05. The van der Waals surface area contributed by atoms with Crippen molar-refractivity contribution in [2.75, 3.05) is 52.8 Å². The van der Waals surface area contributed by atoms with Crippen molar-refractivity contribution in [3.05, 3.63) is 39.8 Å². The Kier molecular flexibility index (Phi) is 6.82. The maximum absolute atomic E-state index is 11.9. The minimum Gasteiger partial charge on any atom is -0.497 e. The zero-order chi connectivity index (χ0) is 21.1. The molecule has 1 amide bonds. The van der Waals surface area contributed by atoms with Gasteiger partial charge in [0.2, 0.25) is 5.91 Å². The predicted octanol–water partition coefficient (Wildman–Crippen LogP) is 0.843. The molecule has 1 atom stereocenters. The number of benzene rings is 1. The minimum atomic E-state index is -0.0349. The van der Waals surface area contributed by atoms with Gasteiger partial charge in [0, 0.05) is 23.4 Å². The number of methoxy groups -OCH3 is 2. The Morgan fingerprint density at radius 3 is 2.17 bits per heavy atom. The Balaban J connectivity index is 2.16. The third-order valence-electron chi connectivity index (χ3n) is 5.87. The SMILES string of the molecule is COc1cc(OC)cc([C@H](c2c(NC(C)=O)sc(C)c2C)[NH+]2CC[NH+](C)CC2)c1. The molecule has 1 fully saturated rings. The van der Waals surface area contributed by atoms with E-state index in [9.17, 15) is 4.79 Å². The van der Waals surface area contributed by atoms with Crippen molar-refractivity contribution in [3.63, 3.8) is 0 Å². The Bertz CT molecular complexity index is 850. The first-order chi connectivity index (χ1) is 13.8. The number of carbonyl (C=O) groups is 1. The molecule has 0 aliphatic carbocycles. The molecular weight excluding hydrogens is 386 g/mol. The van der Waals surface area contributed by atoms with Gasteiger partial charge < -0.3 is 24.6 Å². The van der Waals surface area contributed by atoms with Crippen molar-refractivity contribution in [2.45, 2.75) is 26.8 Å². The third kappa shape index (κ3) is 4.74. The first kappa shape index (κ1) is 21.6. The van der Waals surface area contributed by atoms with Gasteiger partial charge in [-0.3, -0.25) is 4.79 Å². The van der Waals surface area contributed by atoms with Crippen LogP contribution in [-0.4, -0.2) is 53.4 Å². The number of aryl methyl sites for hydroxylation is 1. The average molecular weight is 420 g/mol. The first-order valence-electron chi connectivity index (χ1n) is 10.1. The standard InChI is InChI=1S/C22H31N3O3S/c1-14-15(2)29-22(23-16(3)26)20(14)21(25-9-7-24(4)8-10-25)17-11-18(27-5)13-19(12-17)28-6/h11-13,21H,7-10H2,1-6H3,(H,23,26)/p+2/t21-/m1/s1. The van der Waals surface area contributed by atoms with Crippen LogP contribution in [0.5, 0.6) is 11.5 Å². The van der Waals surface area contributed by atoms with Crippen LogP contribution in [0, 0.1) is 13.8 Å². The molecule has 1 aromatic carbocycles. The molecule has 2 heterocycles. The molecule has 1 aliphatic rings. The van der Waals surface area contributed by atoms with E-state index in [0.29, 0.717) is 0 Å². The lowest BCUT2D eigenvalue weighted by Crippen LogP contribution is -3.27. The number of amides is 1. The highest BCUT2D eigenvalue weighted by molar-refractivity contribution is 7.16. The molecule has 2 aromatic rings. The molecule has 0 bridgehead atoms. The lowest BCUT2D eigenvalue weighted by Gasteiger charge is -2.34. The van der Waals surface area contributed by atoms with Crippen molar-refractivity contribution in [2.24, 2.45) is 0 Å². The van der Waals surface area contributed by atoms with Crippen LogP contribution in [0.25, 0.3) is 0 Å². The molecule has 1 aliphatic heterocycles. The number of nitrogens with one attached hydrogen (secondary N) is 3. The van der Waals surface area contributed by atoms with E-state index in [4.69, 9.17) is 9.47 Å². The van der Waals surface area contributed by atoms with Gasteiger partial charge in [-0.05, 0) is 31.5 Å². The molecule has 0 radical (unpaired) electrons. The summed E-state index contributed by atoms with van der Waals surface area (Å²) >= 11 is 1.66. The highest BCUT2D eigenvalue weighted by atomic mass is 32.1. The summed E-state index contributed by atoms with van der Waals surface area (Å²) in [6, 6.07) is 6.23. The number of likely N-dealkylation sites (N-methyl/N-ethyl adjacent to an activating group) is 1. The fourth-order valence-electron chi connectivity index (χ4n) is 4.13. The van der Waals surface area contributed by atoms with Crippen molar-refractivity contribution in [1.29, 1.82) is 0 Å². The molecular formula is C22H33N3O3S+2. The van der Waals surface area contributed by atoms with Gasteiger partial charge in [-0.2, -0.15) is 0 Å². The summed E-state index contributed by atoms with van der Waals surface area (Å²) < 4.78 is 11.1. The Morgan fingerprint density at radius 2 is 1.66 bits per heavy atom. The van der Waals surface area contributed by atoms with Crippen LogP contribution < -0.4 is 24.6 Å². The molecule has 0 saturated carbocycles. The largest absolute Gasteiger partial charge is 0.497 e. The van der Waals surface area contributed by atoms with Gasteiger partial charge in [-0.25, -0.2) is 0 Å². The van der Waals surface area contributed by atoms with Crippen LogP contribution in [-0.2, 0) is 4.79 Å². The summed E-state index contributed by atoms with van der Waals surface area (Å²) in [5.74, 6) is 1.54. The molecule has 158 valence electrons. The minimum absolute atomic E-state index is 0.0349. The topological polar surface area (TPSA) is 56.4 Å². The van der Waals surface area contributed by atoms with Crippen LogP contribution in [0.15, 0.2) is 18.2 Å². The fourth-order valence-corrected chi connectivity index (χ4v) is 5.28. The van der Waals surface area contributed by atoms with E-state index in [1.807, 2.05) is 6.07 Å². The van der Waals surface area contributed by atoms with Crippen molar-refractivity contribution in [1.82, 2.24) is 0 Å². The zero-order valence-corrected chi connectivity index (χ0v) is 19.1. The van der Waals surface area contributed by atoms with E-state index in [0.717, 1.165) is 48.2 Å². The first-order valence-corrected chi connectivity index (χ1v) is 10.9. The number of anilines is 1. The molecule has 6 nitrogen and oxygen atoms in total. The number of carbonyl (C=O) groups excluding carboxylic acids is 1. The summed E-state index contributed by atoms with van der Waals surface area (Å²) in [6.45, 7) is 10.3. The number of hydrogen-bond acceptors (Lipinski definition) is 4. The summed E-state index contributed by atoms with van der Waals surface area (Å²) in [5.41, 5.74) is 3.63. The highest BCUT2D eigenvalue weighted by Gasteiger charge is 2.35. The van der Waals surface area contributed by atoms with Gasteiger partial charge >= 0.3 is 0 Å². The van der Waals surface area contributed by atoms with E-state index in [1.54, 1.807) is 37.4 Å². The van der Waals surface area contributed by atoms with Crippen molar-refractivity contribution in [3.8, 4) is 11.5 Å². The monoisotopic (exact) mass is 419 g/mol. The summed E-state index contributed by atoms with van der Waals surface area (Å²) in [6.07, 6.45) is 0. The predicted molar refractivity (Wildman–Crippen MR) is 117 cm³/mol. The maximum atomic E-state index is 11.9. The van der Waals surface area contributed by atoms with Crippen LogP contribution in [0.1, 0.15) is 34.5 Å². The van der Waals surface area contributed by atoms with Crippen LogP contribution in [0.4, 0.5) is 5.00 Å². The van der Waals surface area contributed by atoms with Gasteiger partial charge in [0.15, 0.2) is 0 Å². The van der Waals surface area contributed by atoms with E-state index in [2.05, 4.69) is 38.3 Å². The van der Waals surface area contributed by atoms with Crippen molar-refractivity contribution >= 4 is 22.2 Å². The van der Waals surface area contributed by atoms with Gasteiger partial charge in [-0.1, -0.05) is 0 Å². The second-order valence-electron chi connectivity index (χ2n) is 7.90. The van der Waals surface area contributed by atoms with E-state index in [1.165, 1.54) is 20.9 Å². The number of piperazine rings is 1. The average Bonchev–Trinajstić information content (AvgIpc) is 2.96. The Labute approximate surface area is 177 Å². The van der Waals surface area contributed by atoms with E-state index < -0.39 is 0 Å². The molecule has 7 heteroatoms. The molecule has 0 spiro atoms. The van der Waals surface area contributed by atoms with Crippen LogP contribution in [0.2, 0.25) is 0 Å². The van der Waals surface area contributed by atoms with Gasteiger partial charge in [0.05, 0.1) is 26.8 Å². The number of quaternary nitrogens is 2. The molecule has 3 N–H and O–H groups in total. The molecule has 1 aromatic heterocycles. The van der Waals surface area contributed by atoms with Crippen LogP contribution in [0.3, 0.4) is 0 Å². The lowest BCUT2D eigenvalue weighted by atomic mass is 9.94.